The van der Waals surface area contributed by atoms with Crippen molar-refractivity contribution in [1.82, 2.24) is 25.5 Å². The van der Waals surface area contributed by atoms with Gasteiger partial charge in [0.1, 0.15) is 5.82 Å². The van der Waals surface area contributed by atoms with Gasteiger partial charge in [0, 0.05) is 41.2 Å². The number of hydrogen-bond acceptors (Lipinski definition) is 8. The molecule has 0 bridgehead atoms. The van der Waals surface area contributed by atoms with E-state index in [1.54, 1.807) is 18.0 Å². The van der Waals surface area contributed by atoms with Gasteiger partial charge in [0.05, 0.1) is 12.2 Å². The van der Waals surface area contributed by atoms with Crippen LogP contribution in [0.4, 0.5) is 9.52 Å². The number of benzene rings is 1. The molecule has 2 heterocycles. The number of thioether (sulfide) groups is 1. The summed E-state index contributed by atoms with van der Waals surface area (Å²) < 4.78 is 13.5. The van der Waals surface area contributed by atoms with Crippen LogP contribution in [-0.2, 0) is 5.75 Å². The van der Waals surface area contributed by atoms with Gasteiger partial charge in [-0.25, -0.2) is 9.37 Å². The molecule has 0 aliphatic carbocycles. The quantitative estimate of drug-likeness (QED) is 0.0540. The lowest BCUT2D eigenvalue weighted by atomic mass is 9.91. The SMILES string of the molecule is CN(CCCCNC(=NCCSCc1csc(NC(=N)N)n1)NC#N)CCC(c1ccc(F)cc1)c1ccccn1. The summed E-state index contributed by atoms with van der Waals surface area (Å²) in [6.07, 6.45) is 6.56. The first-order valence-electron chi connectivity index (χ1n) is 13.4. The van der Waals surface area contributed by atoms with Crippen molar-refractivity contribution < 1.29 is 4.39 Å². The zero-order valence-corrected chi connectivity index (χ0v) is 24.8. The lowest BCUT2D eigenvalue weighted by Crippen LogP contribution is -2.35. The van der Waals surface area contributed by atoms with E-state index in [-0.39, 0.29) is 17.7 Å². The molecule has 0 fully saturated rings. The van der Waals surface area contributed by atoms with Crippen LogP contribution in [0.15, 0.2) is 59.0 Å². The Labute approximate surface area is 249 Å². The highest BCUT2D eigenvalue weighted by atomic mass is 32.2. The van der Waals surface area contributed by atoms with Crippen LogP contribution in [0.1, 0.15) is 42.1 Å². The molecule has 2 aromatic heterocycles. The molecule has 0 spiro atoms. The number of aliphatic imine (C=N–C) groups is 1. The first kappa shape index (κ1) is 31.8. The minimum absolute atomic E-state index is 0.109. The first-order chi connectivity index (χ1) is 19.9. The Hall–Kier alpha value is -3.73. The lowest BCUT2D eigenvalue weighted by molar-refractivity contribution is 0.315. The number of nitriles is 1. The molecule has 0 aliphatic heterocycles. The summed E-state index contributed by atoms with van der Waals surface area (Å²) in [4.78, 5) is 15.7. The van der Waals surface area contributed by atoms with Crippen LogP contribution in [0.25, 0.3) is 0 Å². The van der Waals surface area contributed by atoms with Crippen molar-refractivity contribution >= 4 is 40.1 Å². The summed E-state index contributed by atoms with van der Waals surface area (Å²) in [5.41, 5.74) is 8.31. The number of hydrogen-bond donors (Lipinski definition) is 5. The number of halogens is 1. The van der Waals surface area contributed by atoms with Crippen LogP contribution >= 0.6 is 23.1 Å². The van der Waals surface area contributed by atoms with Crippen LogP contribution < -0.4 is 21.7 Å². The number of aromatic nitrogens is 2. The minimum atomic E-state index is -0.234. The van der Waals surface area contributed by atoms with Gasteiger partial charge in [-0.05, 0) is 69.2 Å². The third kappa shape index (κ3) is 12.1. The Morgan fingerprint density at radius 3 is 2.80 bits per heavy atom. The summed E-state index contributed by atoms with van der Waals surface area (Å²) in [5.74, 6) is 1.76. The fourth-order valence-corrected chi connectivity index (χ4v) is 5.62. The molecule has 13 heteroatoms. The molecule has 3 aromatic rings. The van der Waals surface area contributed by atoms with E-state index in [2.05, 4.69) is 42.9 Å². The molecule has 41 heavy (non-hydrogen) atoms. The number of thiazole rings is 1. The third-order valence-electron chi connectivity index (χ3n) is 6.10. The van der Waals surface area contributed by atoms with Crippen LogP contribution in [-0.4, -0.2) is 65.8 Å². The first-order valence-corrected chi connectivity index (χ1v) is 15.4. The molecular weight excluding hydrogens is 560 g/mol. The summed E-state index contributed by atoms with van der Waals surface area (Å²) in [6.45, 7) is 3.11. The highest BCUT2D eigenvalue weighted by Crippen LogP contribution is 2.27. The smallest absolute Gasteiger partial charge is 0.204 e. The van der Waals surface area contributed by atoms with Gasteiger partial charge in [0.2, 0.25) is 5.96 Å². The molecule has 1 unspecified atom stereocenters. The predicted molar refractivity (Wildman–Crippen MR) is 167 cm³/mol. The zero-order chi connectivity index (χ0) is 29.3. The summed E-state index contributed by atoms with van der Waals surface area (Å²) >= 11 is 3.11. The van der Waals surface area contributed by atoms with Crippen molar-refractivity contribution in [2.24, 2.45) is 10.7 Å². The Bertz CT molecular complexity index is 1260. The van der Waals surface area contributed by atoms with Gasteiger partial charge in [-0.3, -0.25) is 20.7 Å². The molecule has 3 rings (SSSR count). The molecule has 218 valence electrons. The number of guanidine groups is 2. The van der Waals surface area contributed by atoms with Crippen molar-refractivity contribution in [2.75, 3.05) is 44.3 Å². The Kier molecular flexibility index (Phi) is 13.8. The van der Waals surface area contributed by atoms with Crippen molar-refractivity contribution in [3.63, 3.8) is 0 Å². The lowest BCUT2D eigenvalue weighted by Gasteiger charge is -2.22. The van der Waals surface area contributed by atoms with E-state index < -0.39 is 0 Å². The van der Waals surface area contributed by atoms with E-state index in [0.29, 0.717) is 24.2 Å². The average molecular weight is 597 g/mol. The highest BCUT2D eigenvalue weighted by Gasteiger charge is 2.16. The van der Waals surface area contributed by atoms with Crippen LogP contribution in [0.3, 0.4) is 0 Å². The molecule has 6 N–H and O–H groups in total. The van der Waals surface area contributed by atoms with Gasteiger partial charge < -0.3 is 21.3 Å². The largest absolute Gasteiger partial charge is 0.370 e. The minimum Gasteiger partial charge on any atom is -0.370 e. The monoisotopic (exact) mass is 596 g/mol. The number of nitrogens with two attached hydrogens (primary N) is 1. The van der Waals surface area contributed by atoms with Gasteiger partial charge in [0.25, 0.3) is 0 Å². The van der Waals surface area contributed by atoms with Gasteiger partial charge in [-0.1, -0.05) is 18.2 Å². The second kappa shape index (κ2) is 17.9. The molecule has 0 aliphatic rings. The maximum absolute atomic E-state index is 13.5. The number of nitrogens with zero attached hydrogens (tertiary/aromatic N) is 5. The number of nitrogens with one attached hydrogen (secondary N) is 4. The van der Waals surface area contributed by atoms with Crippen molar-refractivity contribution in [2.45, 2.75) is 30.9 Å². The van der Waals surface area contributed by atoms with Crippen LogP contribution in [0, 0.1) is 22.7 Å². The molecule has 0 radical (unpaired) electrons. The normalized spacial score (nSPS) is 12.1. The van der Waals surface area contributed by atoms with Crippen molar-refractivity contribution in [1.29, 1.82) is 10.7 Å². The van der Waals surface area contributed by atoms with Crippen molar-refractivity contribution in [3.8, 4) is 6.19 Å². The molecule has 0 saturated heterocycles. The maximum Gasteiger partial charge on any atom is 0.204 e. The van der Waals surface area contributed by atoms with Gasteiger partial charge in [-0.15, -0.1) is 11.3 Å². The molecule has 0 amide bonds. The fourth-order valence-electron chi connectivity index (χ4n) is 4.07. The summed E-state index contributed by atoms with van der Waals surface area (Å²) in [7, 11) is 2.11. The van der Waals surface area contributed by atoms with Crippen LogP contribution in [0.2, 0.25) is 0 Å². The van der Waals surface area contributed by atoms with E-state index in [1.807, 2.05) is 41.9 Å². The standard InChI is InChI=1S/C28H37FN10S2/c1-39(16-11-24(25-6-2-3-12-33-25)21-7-9-22(29)10-8-21)15-5-4-13-34-27(36-20-30)35-14-17-40-18-23-19-41-28(37-23)38-26(31)32/h2-3,6-10,12,19,24H,4-5,11,13-18H2,1H3,(H2,34,35,36)(H4,31,32,37,38). The highest BCUT2D eigenvalue weighted by molar-refractivity contribution is 7.98. The maximum atomic E-state index is 13.5. The van der Waals surface area contributed by atoms with E-state index >= 15 is 0 Å². The Morgan fingerprint density at radius 2 is 2.07 bits per heavy atom. The number of unbranched alkanes of at least 4 members (excludes halogenated alkanes) is 1. The van der Waals surface area contributed by atoms with Gasteiger partial charge in [-0.2, -0.15) is 17.0 Å². The second-order valence-electron chi connectivity index (χ2n) is 9.29. The van der Waals surface area contributed by atoms with E-state index in [1.165, 1.54) is 23.5 Å². The zero-order valence-electron chi connectivity index (χ0n) is 23.1. The summed E-state index contributed by atoms with van der Waals surface area (Å²) in [5, 5.41) is 27.4. The number of anilines is 1. The van der Waals surface area contributed by atoms with Crippen LogP contribution in [0.5, 0.6) is 0 Å². The van der Waals surface area contributed by atoms with E-state index in [9.17, 15) is 4.39 Å². The average Bonchev–Trinajstić information content (AvgIpc) is 3.40. The predicted octanol–water partition coefficient (Wildman–Crippen LogP) is 4.17. The number of pyridine rings is 1. The van der Waals surface area contributed by atoms with Gasteiger partial charge >= 0.3 is 0 Å². The molecule has 10 nitrogen and oxygen atoms in total. The second-order valence-corrected chi connectivity index (χ2v) is 11.3. The Balaban J connectivity index is 1.33. The summed E-state index contributed by atoms with van der Waals surface area (Å²) in [6, 6.07) is 12.6. The van der Waals surface area contributed by atoms with Gasteiger partial charge in [0.15, 0.2) is 17.3 Å². The number of rotatable bonds is 16. The third-order valence-corrected chi connectivity index (χ3v) is 7.88. The van der Waals surface area contributed by atoms with E-state index in [0.717, 1.165) is 60.8 Å². The fraction of sp³-hybridized carbons (Fsp3) is 0.393. The van der Waals surface area contributed by atoms with Crippen molar-refractivity contribution in [3.05, 3.63) is 76.8 Å². The molecule has 1 aromatic carbocycles. The Morgan fingerprint density at radius 1 is 1.24 bits per heavy atom. The van der Waals surface area contributed by atoms with E-state index in [4.69, 9.17) is 16.4 Å². The topological polar surface area (TPSA) is 151 Å². The molecule has 1 atom stereocenters. The molecular formula is C28H37FN10S2. The molecule has 0 saturated carbocycles.